The molecule has 0 aromatic heterocycles. The van der Waals surface area contributed by atoms with E-state index in [9.17, 15) is 5.11 Å². The highest BCUT2D eigenvalue weighted by Gasteiger charge is 2.25. The summed E-state index contributed by atoms with van der Waals surface area (Å²) in [6, 6.07) is 7.58. The first kappa shape index (κ1) is 9.87. The lowest BCUT2D eigenvalue weighted by Crippen LogP contribution is -2.13. The molecule has 2 unspecified atom stereocenters. The zero-order valence-corrected chi connectivity index (χ0v) is 8.83. The number of aliphatic hydroxyl groups excluding tert-OH is 1. The van der Waals surface area contributed by atoms with Gasteiger partial charge in [-0.3, -0.25) is 0 Å². The van der Waals surface area contributed by atoms with E-state index in [0.29, 0.717) is 10.9 Å². The number of aliphatic hydroxyl groups is 1. The van der Waals surface area contributed by atoms with Gasteiger partial charge in [0.2, 0.25) is 0 Å². The van der Waals surface area contributed by atoms with E-state index in [-0.39, 0.29) is 0 Å². The summed E-state index contributed by atoms with van der Waals surface area (Å²) < 4.78 is 0. The summed E-state index contributed by atoms with van der Waals surface area (Å²) in [7, 11) is 0. The minimum absolute atomic E-state index is 0.333. The molecule has 2 rings (SSSR count). The van der Waals surface area contributed by atoms with Crippen molar-refractivity contribution in [3.63, 3.8) is 0 Å². The van der Waals surface area contributed by atoms with Gasteiger partial charge in [0.1, 0.15) is 0 Å². The third kappa shape index (κ3) is 1.88. The van der Waals surface area contributed by atoms with Gasteiger partial charge < -0.3 is 10.8 Å². The monoisotopic (exact) mass is 209 g/mol. The van der Waals surface area contributed by atoms with Gasteiger partial charge in [-0.15, -0.1) is 0 Å². The normalized spacial score (nSPS) is 23.6. The number of thioether (sulfide) groups is 1. The molecule has 14 heavy (non-hydrogen) atoms. The summed E-state index contributed by atoms with van der Waals surface area (Å²) in [6.07, 6.45) is 1.91. The molecule has 1 aromatic rings. The number of hydrogen-bond donors (Lipinski definition) is 2. The summed E-state index contributed by atoms with van der Waals surface area (Å²) in [5.74, 6) is 1.16. The molecule has 2 nitrogen and oxygen atoms in total. The van der Waals surface area contributed by atoms with E-state index in [0.717, 1.165) is 17.7 Å². The van der Waals surface area contributed by atoms with Crippen molar-refractivity contribution in [3.8, 4) is 0 Å². The Morgan fingerprint density at radius 2 is 2.21 bits per heavy atom. The summed E-state index contributed by atoms with van der Waals surface area (Å²) in [5, 5.41) is 10.4. The molecule has 1 heterocycles. The summed E-state index contributed by atoms with van der Waals surface area (Å²) in [5.41, 5.74) is 7.40. The van der Waals surface area contributed by atoms with Crippen LogP contribution < -0.4 is 5.73 Å². The van der Waals surface area contributed by atoms with Crippen molar-refractivity contribution in [1.29, 1.82) is 0 Å². The van der Waals surface area contributed by atoms with E-state index >= 15 is 0 Å². The van der Waals surface area contributed by atoms with Gasteiger partial charge in [-0.05, 0) is 24.7 Å². The fourth-order valence-corrected chi connectivity index (χ4v) is 3.13. The Hall–Kier alpha value is -0.670. The van der Waals surface area contributed by atoms with Crippen molar-refractivity contribution in [1.82, 2.24) is 0 Å². The second-order valence-electron chi connectivity index (χ2n) is 3.63. The summed E-state index contributed by atoms with van der Waals surface area (Å²) in [6.45, 7) is 0. The predicted octanol–water partition coefficient (Wildman–Crippen LogP) is 2.20. The molecule has 1 fully saturated rings. The van der Waals surface area contributed by atoms with Crippen LogP contribution >= 0.6 is 11.8 Å². The topological polar surface area (TPSA) is 46.2 Å². The number of hydrogen-bond acceptors (Lipinski definition) is 3. The Morgan fingerprint density at radius 3 is 2.86 bits per heavy atom. The number of para-hydroxylation sites is 1. The molecule has 0 bridgehead atoms. The van der Waals surface area contributed by atoms with Crippen molar-refractivity contribution < 1.29 is 5.11 Å². The molecular formula is C11H15NOS. The average molecular weight is 209 g/mol. The molecule has 1 aromatic carbocycles. The highest BCUT2D eigenvalue weighted by atomic mass is 32.2. The number of rotatable bonds is 2. The lowest BCUT2D eigenvalue weighted by atomic mass is 10.0. The highest BCUT2D eigenvalue weighted by molar-refractivity contribution is 8.00. The number of nitrogen functional groups attached to an aromatic ring is 1. The van der Waals surface area contributed by atoms with Crippen LogP contribution in [0.15, 0.2) is 24.3 Å². The van der Waals surface area contributed by atoms with Gasteiger partial charge in [0.25, 0.3) is 0 Å². The van der Waals surface area contributed by atoms with E-state index in [2.05, 4.69) is 0 Å². The molecule has 1 aliphatic rings. The Labute approximate surface area is 88.5 Å². The number of anilines is 1. The van der Waals surface area contributed by atoms with Crippen molar-refractivity contribution >= 4 is 17.4 Å². The maximum atomic E-state index is 10.1. The molecule has 2 atom stereocenters. The molecule has 3 N–H and O–H groups in total. The molecule has 1 saturated heterocycles. The van der Waals surface area contributed by atoms with Crippen molar-refractivity contribution in [2.75, 3.05) is 11.5 Å². The molecule has 0 amide bonds. The fraction of sp³-hybridized carbons (Fsp3) is 0.455. The maximum absolute atomic E-state index is 10.1. The Bertz CT molecular complexity index is 310. The van der Waals surface area contributed by atoms with Crippen LogP contribution in [-0.4, -0.2) is 16.1 Å². The van der Waals surface area contributed by atoms with E-state index in [1.165, 1.54) is 6.42 Å². The minimum atomic E-state index is -0.399. The van der Waals surface area contributed by atoms with Gasteiger partial charge >= 0.3 is 0 Å². The van der Waals surface area contributed by atoms with Crippen LogP contribution in [0.25, 0.3) is 0 Å². The molecule has 0 radical (unpaired) electrons. The summed E-state index contributed by atoms with van der Waals surface area (Å²) >= 11 is 1.85. The molecule has 0 saturated carbocycles. The third-order valence-corrected chi connectivity index (χ3v) is 4.08. The van der Waals surface area contributed by atoms with Crippen LogP contribution in [0.5, 0.6) is 0 Å². The number of benzene rings is 1. The first-order valence-electron chi connectivity index (χ1n) is 4.93. The zero-order valence-electron chi connectivity index (χ0n) is 8.02. The molecular weight excluding hydrogens is 194 g/mol. The Kier molecular flexibility index (Phi) is 2.99. The van der Waals surface area contributed by atoms with Gasteiger partial charge in [-0.1, -0.05) is 18.2 Å². The van der Waals surface area contributed by atoms with Gasteiger partial charge in [-0.2, -0.15) is 11.8 Å². The van der Waals surface area contributed by atoms with E-state index in [4.69, 9.17) is 5.73 Å². The van der Waals surface area contributed by atoms with Crippen LogP contribution in [-0.2, 0) is 0 Å². The summed E-state index contributed by atoms with van der Waals surface area (Å²) in [4.78, 5) is 0. The highest BCUT2D eigenvalue weighted by Crippen LogP contribution is 2.37. The average Bonchev–Trinajstić information content (AvgIpc) is 2.70. The van der Waals surface area contributed by atoms with E-state index < -0.39 is 6.10 Å². The number of nitrogens with two attached hydrogens (primary N) is 1. The van der Waals surface area contributed by atoms with E-state index in [1.54, 1.807) is 0 Å². The van der Waals surface area contributed by atoms with Crippen molar-refractivity contribution in [3.05, 3.63) is 29.8 Å². The van der Waals surface area contributed by atoms with Gasteiger partial charge in [0, 0.05) is 16.5 Å². The second-order valence-corrected chi connectivity index (χ2v) is 4.97. The zero-order chi connectivity index (χ0) is 9.97. The first-order valence-corrected chi connectivity index (χ1v) is 5.98. The van der Waals surface area contributed by atoms with Crippen LogP contribution in [0, 0.1) is 0 Å². The van der Waals surface area contributed by atoms with Gasteiger partial charge in [0.15, 0.2) is 0 Å². The van der Waals surface area contributed by atoms with Crippen molar-refractivity contribution in [2.45, 2.75) is 24.2 Å². The molecule has 1 aliphatic heterocycles. The largest absolute Gasteiger partial charge is 0.398 e. The van der Waals surface area contributed by atoms with E-state index in [1.807, 2.05) is 36.0 Å². The molecule has 3 heteroatoms. The Morgan fingerprint density at radius 1 is 1.43 bits per heavy atom. The first-order chi connectivity index (χ1) is 6.79. The quantitative estimate of drug-likeness (QED) is 0.734. The lowest BCUT2D eigenvalue weighted by molar-refractivity contribution is 0.174. The van der Waals surface area contributed by atoms with Crippen LogP contribution in [0.3, 0.4) is 0 Å². The van der Waals surface area contributed by atoms with Crippen LogP contribution in [0.4, 0.5) is 5.69 Å². The van der Waals surface area contributed by atoms with Crippen LogP contribution in [0.1, 0.15) is 24.5 Å². The molecule has 76 valence electrons. The maximum Gasteiger partial charge on any atom is 0.0928 e. The predicted molar refractivity (Wildman–Crippen MR) is 61.3 cm³/mol. The Balaban J connectivity index is 2.17. The van der Waals surface area contributed by atoms with Crippen molar-refractivity contribution in [2.24, 2.45) is 0 Å². The SMILES string of the molecule is Nc1ccccc1C(O)C1CCCS1. The molecule has 0 aliphatic carbocycles. The minimum Gasteiger partial charge on any atom is -0.398 e. The standard InChI is InChI=1S/C11H15NOS/c12-9-5-2-1-4-8(9)11(13)10-6-3-7-14-10/h1-2,4-5,10-11,13H,3,6-7,12H2. The van der Waals surface area contributed by atoms with Gasteiger partial charge in [-0.25, -0.2) is 0 Å². The smallest absolute Gasteiger partial charge is 0.0928 e. The van der Waals surface area contributed by atoms with Crippen LogP contribution in [0.2, 0.25) is 0 Å². The second kappa shape index (κ2) is 4.24. The third-order valence-electron chi connectivity index (χ3n) is 2.63. The fourth-order valence-electron chi connectivity index (χ4n) is 1.83. The molecule has 0 spiro atoms. The van der Waals surface area contributed by atoms with Gasteiger partial charge in [0.05, 0.1) is 6.10 Å². The lowest BCUT2D eigenvalue weighted by Gasteiger charge is -2.18.